The number of fused-ring (bicyclic) bond motifs is 1. The average molecular weight is 349 g/mol. The SMILES string of the molecule is Cc1nc2cnc(Cc3ccnc(C4=CCOCC4)n3)cc2n1C(C)C. The van der Waals surface area contributed by atoms with E-state index < -0.39 is 0 Å². The topological polar surface area (TPSA) is 65.7 Å². The van der Waals surface area contributed by atoms with Gasteiger partial charge in [-0.2, -0.15) is 0 Å². The number of ether oxygens (including phenoxy) is 1. The lowest BCUT2D eigenvalue weighted by Gasteiger charge is -2.13. The zero-order chi connectivity index (χ0) is 18.1. The van der Waals surface area contributed by atoms with Gasteiger partial charge in [-0.15, -0.1) is 0 Å². The number of aryl methyl sites for hydroxylation is 1. The minimum Gasteiger partial charge on any atom is -0.377 e. The Morgan fingerprint density at radius 2 is 2.08 bits per heavy atom. The molecule has 134 valence electrons. The van der Waals surface area contributed by atoms with Crippen LogP contribution in [-0.2, 0) is 11.2 Å². The van der Waals surface area contributed by atoms with Gasteiger partial charge >= 0.3 is 0 Å². The van der Waals surface area contributed by atoms with Gasteiger partial charge in [-0.1, -0.05) is 6.08 Å². The molecule has 4 heterocycles. The van der Waals surface area contributed by atoms with E-state index in [1.807, 2.05) is 25.4 Å². The summed E-state index contributed by atoms with van der Waals surface area (Å²) in [6, 6.07) is 4.45. The normalized spacial score (nSPS) is 14.8. The van der Waals surface area contributed by atoms with E-state index in [2.05, 4.69) is 45.5 Å². The molecule has 3 aromatic rings. The third-order valence-electron chi connectivity index (χ3n) is 4.65. The number of hydrogen-bond donors (Lipinski definition) is 0. The van der Waals surface area contributed by atoms with Gasteiger partial charge in [0.05, 0.1) is 30.6 Å². The predicted molar refractivity (Wildman–Crippen MR) is 101 cm³/mol. The standard InChI is InChI=1S/C20H23N5O/c1-13(2)25-14(3)23-18-12-22-17(11-19(18)25)10-16-4-7-21-20(24-16)15-5-8-26-9-6-15/h4-5,7,11-13H,6,8-10H2,1-3H3. The second kappa shape index (κ2) is 6.96. The van der Waals surface area contributed by atoms with Crippen LogP contribution in [0.25, 0.3) is 16.6 Å². The van der Waals surface area contributed by atoms with E-state index in [1.165, 1.54) is 0 Å². The highest BCUT2D eigenvalue weighted by molar-refractivity contribution is 5.75. The van der Waals surface area contributed by atoms with Gasteiger partial charge in [0.2, 0.25) is 0 Å². The molecular formula is C20H23N5O. The Kier molecular flexibility index (Phi) is 4.51. The Morgan fingerprint density at radius 3 is 2.85 bits per heavy atom. The molecule has 1 aliphatic heterocycles. The van der Waals surface area contributed by atoms with Crippen molar-refractivity contribution in [2.24, 2.45) is 0 Å². The highest BCUT2D eigenvalue weighted by atomic mass is 16.5. The summed E-state index contributed by atoms with van der Waals surface area (Å²) < 4.78 is 7.62. The molecule has 0 bridgehead atoms. The van der Waals surface area contributed by atoms with E-state index in [-0.39, 0.29) is 0 Å². The van der Waals surface area contributed by atoms with Crippen LogP contribution >= 0.6 is 0 Å². The molecule has 0 spiro atoms. The van der Waals surface area contributed by atoms with Crippen LogP contribution in [0.5, 0.6) is 0 Å². The molecule has 0 saturated carbocycles. The fourth-order valence-electron chi connectivity index (χ4n) is 3.47. The lowest BCUT2D eigenvalue weighted by atomic mass is 10.1. The molecule has 1 aliphatic rings. The van der Waals surface area contributed by atoms with Crippen molar-refractivity contribution in [1.82, 2.24) is 24.5 Å². The summed E-state index contributed by atoms with van der Waals surface area (Å²) >= 11 is 0. The van der Waals surface area contributed by atoms with Crippen molar-refractivity contribution in [3.63, 3.8) is 0 Å². The van der Waals surface area contributed by atoms with Crippen LogP contribution in [0, 0.1) is 6.92 Å². The molecule has 0 aromatic carbocycles. The molecular weight excluding hydrogens is 326 g/mol. The van der Waals surface area contributed by atoms with Gasteiger partial charge in [0.1, 0.15) is 11.3 Å². The lowest BCUT2D eigenvalue weighted by Crippen LogP contribution is -2.07. The fraction of sp³-hybridized carbons (Fsp3) is 0.400. The van der Waals surface area contributed by atoms with Crippen LogP contribution in [0.1, 0.15) is 49.3 Å². The molecule has 3 aromatic heterocycles. The van der Waals surface area contributed by atoms with Gasteiger partial charge in [0, 0.05) is 24.4 Å². The first-order valence-electron chi connectivity index (χ1n) is 9.04. The summed E-state index contributed by atoms with van der Waals surface area (Å²) in [7, 11) is 0. The molecule has 0 N–H and O–H groups in total. The van der Waals surface area contributed by atoms with E-state index in [0.717, 1.165) is 52.7 Å². The number of aromatic nitrogens is 5. The van der Waals surface area contributed by atoms with Crippen molar-refractivity contribution in [2.75, 3.05) is 13.2 Å². The zero-order valence-corrected chi connectivity index (χ0v) is 15.4. The predicted octanol–water partition coefficient (Wildman–Crippen LogP) is 3.51. The van der Waals surface area contributed by atoms with Crippen LogP contribution in [0.4, 0.5) is 0 Å². The van der Waals surface area contributed by atoms with Crippen LogP contribution in [0.3, 0.4) is 0 Å². The molecule has 0 aliphatic carbocycles. The smallest absolute Gasteiger partial charge is 0.155 e. The minimum atomic E-state index is 0.362. The Labute approximate surface area is 153 Å². The second-order valence-corrected chi connectivity index (χ2v) is 6.89. The molecule has 6 nitrogen and oxygen atoms in total. The summed E-state index contributed by atoms with van der Waals surface area (Å²) in [5.74, 6) is 1.82. The summed E-state index contributed by atoms with van der Waals surface area (Å²) in [4.78, 5) is 18.4. The van der Waals surface area contributed by atoms with E-state index >= 15 is 0 Å². The Hall–Kier alpha value is -2.60. The Morgan fingerprint density at radius 1 is 1.19 bits per heavy atom. The van der Waals surface area contributed by atoms with Crippen molar-refractivity contribution < 1.29 is 4.74 Å². The van der Waals surface area contributed by atoms with E-state index in [0.29, 0.717) is 19.1 Å². The quantitative estimate of drug-likeness (QED) is 0.721. The maximum absolute atomic E-state index is 5.37. The molecule has 6 heteroatoms. The summed E-state index contributed by atoms with van der Waals surface area (Å²) in [6.45, 7) is 7.76. The summed E-state index contributed by atoms with van der Waals surface area (Å²) in [6.07, 6.45) is 7.30. The first-order chi connectivity index (χ1) is 12.6. The number of imidazole rings is 1. The van der Waals surface area contributed by atoms with Crippen molar-refractivity contribution >= 4 is 16.6 Å². The summed E-state index contributed by atoms with van der Waals surface area (Å²) in [5, 5.41) is 0. The fourth-order valence-corrected chi connectivity index (χ4v) is 3.47. The van der Waals surface area contributed by atoms with Gasteiger partial charge in [-0.3, -0.25) is 4.98 Å². The Bertz CT molecular complexity index is 973. The third-order valence-corrected chi connectivity index (χ3v) is 4.65. The number of rotatable bonds is 4. The summed E-state index contributed by atoms with van der Waals surface area (Å²) in [5.41, 5.74) is 5.20. The number of pyridine rings is 1. The highest BCUT2D eigenvalue weighted by Gasteiger charge is 2.13. The van der Waals surface area contributed by atoms with Gasteiger partial charge in [-0.05, 0) is 44.9 Å². The highest BCUT2D eigenvalue weighted by Crippen LogP contribution is 2.22. The van der Waals surface area contributed by atoms with Crippen LogP contribution < -0.4 is 0 Å². The molecule has 0 radical (unpaired) electrons. The largest absolute Gasteiger partial charge is 0.377 e. The van der Waals surface area contributed by atoms with E-state index in [1.54, 1.807) is 0 Å². The second-order valence-electron chi connectivity index (χ2n) is 6.89. The average Bonchev–Trinajstić information content (AvgIpc) is 2.98. The number of hydrogen-bond acceptors (Lipinski definition) is 5. The van der Waals surface area contributed by atoms with Gasteiger partial charge in [-0.25, -0.2) is 15.0 Å². The van der Waals surface area contributed by atoms with E-state index in [9.17, 15) is 0 Å². The number of nitrogens with zero attached hydrogens (tertiary/aromatic N) is 5. The monoisotopic (exact) mass is 349 g/mol. The van der Waals surface area contributed by atoms with Crippen molar-refractivity contribution in [3.8, 4) is 0 Å². The molecule has 0 saturated heterocycles. The molecule has 0 amide bonds. The molecule has 0 unspecified atom stereocenters. The van der Waals surface area contributed by atoms with Gasteiger partial charge in [0.15, 0.2) is 5.82 Å². The molecule has 0 atom stereocenters. The van der Waals surface area contributed by atoms with E-state index in [4.69, 9.17) is 9.72 Å². The Balaban J connectivity index is 1.65. The maximum atomic E-state index is 5.37. The molecule has 0 fully saturated rings. The van der Waals surface area contributed by atoms with Gasteiger partial charge < -0.3 is 9.30 Å². The van der Waals surface area contributed by atoms with Crippen molar-refractivity contribution in [2.45, 2.75) is 39.7 Å². The zero-order valence-electron chi connectivity index (χ0n) is 15.4. The third kappa shape index (κ3) is 3.24. The van der Waals surface area contributed by atoms with Crippen molar-refractivity contribution in [3.05, 3.63) is 53.6 Å². The van der Waals surface area contributed by atoms with Crippen LogP contribution in [0.2, 0.25) is 0 Å². The van der Waals surface area contributed by atoms with Crippen molar-refractivity contribution in [1.29, 1.82) is 0 Å². The molecule has 4 rings (SSSR count). The lowest BCUT2D eigenvalue weighted by molar-refractivity contribution is 0.161. The first kappa shape index (κ1) is 16.8. The van der Waals surface area contributed by atoms with Crippen LogP contribution in [-0.4, -0.2) is 37.7 Å². The first-order valence-corrected chi connectivity index (χ1v) is 9.04. The maximum Gasteiger partial charge on any atom is 0.155 e. The van der Waals surface area contributed by atoms with Gasteiger partial charge in [0.25, 0.3) is 0 Å². The molecule has 26 heavy (non-hydrogen) atoms. The van der Waals surface area contributed by atoms with Crippen LogP contribution in [0.15, 0.2) is 30.6 Å². The minimum absolute atomic E-state index is 0.362.